The normalized spacial score (nSPS) is 11.7. The van der Waals surface area contributed by atoms with Gasteiger partial charge in [0, 0.05) is 0 Å². The fraction of sp³-hybridized carbons (Fsp3) is 0.263. The molecule has 0 amide bonds. The molecule has 23 heavy (non-hydrogen) atoms. The molecule has 0 aromatic heterocycles. The molecule has 0 saturated heterocycles. The van der Waals surface area contributed by atoms with E-state index < -0.39 is 11.9 Å². The van der Waals surface area contributed by atoms with E-state index in [4.69, 9.17) is 9.47 Å². The molecule has 1 saturated carbocycles. The Morgan fingerprint density at radius 2 is 1.00 bits per heavy atom. The largest absolute Gasteiger partial charge is 0.458 e. The lowest BCUT2D eigenvalue weighted by atomic mass is 10.2. The van der Waals surface area contributed by atoms with Crippen molar-refractivity contribution in [3.8, 4) is 0 Å². The van der Waals surface area contributed by atoms with Gasteiger partial charge in [0.1, 0.15) is 13.2 Å². The molecular weight excluding hydrogens is 292 g/mol. The molecule has 0 radical (unpaired) electrons. The van der Waals surface area contributed by atoms with Crippen LogP contribution in [0.15, 0.2) is 60.7 Å². The minimum Gasteiger partial charge on any atom is -0.458 e. The third-order valence-corrected chi connectivity index (χ3v) is 2.92. The van der Waals surface area contributed by atoms with Crippen molar-refractivity contribution in [1.82, 2.24) is 0 Å². The van der Waals surface area contributed by atoms with Gasteiger partial charge in [-0.25, -0.2) is 9.59 Å². The van der Waals surface area contributed by atoms with Crippen molar-refractivity contribution in [2.75, 3.05) is 13.2 Å². The Hall–Kier alpha value is -2.62. The monoisotopic (exact) mass is 312 g/mol. The average Bonchev–Trinajstić information content (AvgIpc) is 3.49. The van der Waals surface area contributed by atoms with Crippen LogP contribution in [0.2, 0.25) is 0 Å². The molecule has 4 heteroatoms. The summed E-state index contributed by atoms with van der Waals surface area (Å²) in [4.78, 5) is 23.2. The number of hydrogen-bond acceptors (Lipinski definition) is 4. The zero-order valence-electron chi connectivity index (χ0n) is 12.9. The highest BCUT2D eigenvalue weighted by atomic mass is 16.6. The van der Waals surface area contributed by atoms with Crippen molar-refractivity contribution in [2.24, 2.45) is 0 Å². The zero-order chi connectivity index (χ0) is 16.3. The van der Waals surface area contributed by atoms with E-state index in [0.29, 0.717) is 11.1 Å². The third kappa shape index (κ3) is 6.78. The maximum atomic E-state index is 11.6. The summed E-state index contributed by atoms with van der Waals surface area (Å²) in [6.07, 6.45) is 4.50. The Morgan fingerprint density at radius 1 is 0.652 bits per heavy atom. The van der Waals surface area contributed by atoms with Crippen LogP contribution in [0.3, 0.4) is 0 Å². The molecule has 1 fully saturated rings. The van der Waals surface area contributed by atoms with Crippen LogP contribution < -0.4 is 0 Å². The minimum atomic E-state index is -0.429. The van der Waals surface area contributed by atoms with Gasteiger partial charge in [-0.3, -0.25) is 0 Å². The smallest absolute Gasteiger partial charge is 0.338 e. The molecule has 2 aromatic rings. The Morgan fingerprint density at radius 3 is 1.30 bits per heavy atom. The van der Waals surface area contributed by atoms with Crippen LogP contribution in [0.5, 0.6) is 0 Å². The van der Waals surface area contributed by atoms with Crippen molar-refractivity contribution in [2.45, 2.75) is 19.3 Å². The van der Waals surface area contributed by atoms with Gasteiger partial charge >= 0.3 is 11.9 Å². The number of esters is 2. The molecule has 2 aromatic carbocycles. The number of benzene rings is 2. The predicted molar refractivity (Wildman–Crippen MR) is 87.3 cm³/mol. The Bertz CT molecular complexity index is 550. The van der Waals surface area contributed by atoms with E-state index >= 15 is 0 Å². The number of hydrogen-bond donors (Lipinski definition) is 0. The zero-order valence-corrected chi connectivity index (χ0v) is 12.9. The summed E-state index contributed by atoms with van der Waals surface area (Å²) in [7, 11) is 0. The molecule has 3 rings (SSSR count). The van der Waals surface area contributed by atoms with E-state index in [-0.39, 0.29) is 13.2 Å². The van der Waals surface area contributed by atoms with Gasteiger partial charge in [0.25, 0.3) is 0 Å². The maximum Gasteiger partial charge on any atom is 0.338 e. The van der Waals surface area contributed by atoms with Crippen molar-refractivity contribution < 1.29 is 19.1 Å². The van der Waals surface area contributed by atoms with Crippen LogP contribution in [0.1, 0.15) is 40.0 Å². The van der Waals surface area contributed by atoms with Crippen LogP contribution in [0, 0.1) is 0 Å². The predicted octanol–water partition coefficient (Wildman–Crippen LogP) is 3.87. The van der Waals surface area contributed by atoms with E-state index in [9.17, 15) is 9.59 Å². The van der Waals surface area contributed by atoms with Gasteiger partial charge in [0.2, 0.25) is 0 Å². The van der Waals surface area contributed by atoms with Crippen LogP contribution in [0.25, 0.3) is 0 Å². The summed E-state index contributed by atoms with van der Waals surface area (Å²) in [5.41, 5.74) is 0.948. The fourth-order valence-electron chi connectivity index (χ4n) is 1.58. The van der Waals surface area contributed by atoms with Crippen molar-refractivity contribution in [3.63, 3.8) is 0 Å². The molecule has 0 N–H and O–H groups in total. The first-order valence-electron chi connectivity index (χ1n) is 7.72. The molecule has 120 valence electrons. The second kappa shape index (κ2) is 9.41. The number of carbonyl (C=O) groups excluding carboxylic acids is 2. The molecule has 0 bridgehead atoms. The molecule has 1 aliphatic carbocycles. The second-order valence-electron chi connectivity index (χ2n) is 5.06. The first-order chi connectivity index (χ1) is 11.3. The summed E-state index contributed by atoms with van der Waals surface area (Å²) in [5, 5.41) is 0. The van der Waals surface area contributed by atoms with E-state index in [1.807, 2.05) is 12.1 Å². The summed E-state index contributed by atoms with van der Waals surface area (Å²) in [5.74, 6) is -0.859. The Kier molecular flexibility index (Phi) is 6.85. The Labute approximate surface area is 136 Å². The van der Waals surface area contributed by atoms with Gasteiger partial charge < -0.3 is 9.47 Å². The van der Waals surface area contributed by atoms with Crippen molar-refractivity contribution >= 4 is 11.9 Å². The highest BCUT2D eigenvalue weighted by Crippen LogP contribution is 2.14. The molecule has 0 atom stereocenters. The number of rotatable bonds is 5. The SMILES string of the molecule is C1CC1.O=C(OCCOC(=O)c1ccccc1)c1ccccc1. The van der Waals surface area contributed by atoms with E-state index in [1.54, 1.807) is 48.5 Å². The van der Waals surface area contributed by atoms with Gasteiger partial charge in [-0.1, -0.05) is 55.7 Å². The van der Waals surface area contributed by atoms with Crippen molar-refractivity contribution in [3.05, 3.63) is 71.8 Å². The topological polar surface area (TPSA) is 52.6 Å². The molecular formula is C19H20O4. The summed E-state index contributed by atoms with van der Waals surface area (Å²) in [6.45, 7) is 0.0681. The molecule has 0 unspecified atom stereocenters. The Balaban J connectivity index is 0.000000572. The van der Waals surface area contributed by atoms with Gasteiger partial charge in [-0.2, -0.15) is 0 Å². The number of carbonyl (C=O) groups is 2. The van der Waals surface area contributed by atoms with Crippen LogP contribution in [0.4, 0.5) is 0 Å². The quantitative estimate of drug-likeness (QED) is 0.621. The van der Waals surface area contributed by atoms with Gasteiger partial charge in [-0.05, 0) is 24.3 Å². The highest BCUT2D eigenvalue weighted by molar-refractivity contribution is 5.90. The second-order valence-corrected chi connectivity index (χ2v) is 5.06. The fourth-order valence-corrected chi connectivity index (χ4v) is 1.58. The minimum absolute atomic E-state index is 0.0340. The van der Waals surface area contributed by atoms with Crippen LogP contribution in [-0.2, 0) is 9.47 Å². The maximum absolute atomic E-state index is 11.6. The van der Waals surface area contributed by atoms with Crippen molar-refractivity contribution in [1.29, 1.82) is 0 Å². The molecule has 1 aliphatic rings. The van der Waals surface area contributed by atoms with Gasteiger partial charge in [0.05, 0.1) is 11.1 Å². The van der Waals surface area contributed by atoms with E-state index in [1.165, 1.54) is 19.3 Å². The lowest BCUT2D eigenvalue weighted by Crippen LogP contribution is -2.14. The standard InChI is InChI=1S/C16H14O4.C3H6/c17-15(13-7-3-1-4-8-13)19-11-12-20-16(18)14-9-5-2-6-10-14;1-2-3-1/h1-10H,11-12H2;1-3H2. The van der Waals surface area contributed by atoms with Gasteiger partial charge in [-0.15, -0.1) is 0 Å². The first kappa shape index (κ1) is 16.7. The average molecular weight is 312 g/mol. The van der Waals surface area contributed by atoms with Crippen LogP contribution in [-0.4, -0.2) is 25.2 Å². The number of ether oxygens (including phenoxy) is 2. The molecule has 0 spiro atoms. The highest BCUT2D eigenvalue weighted by Gasteiger charge is 2.08. The first-order valence-corrected chi connectivity index (χ1v) is 7.72. The summed E-state index contributed by atoms with van der Waals surface area (Å²) < 4.78 is 10.00. The molecule has 0 aliphatic heterocycles. The third-order valence-electron chi connectivity index (χ3n) is 2.92. The van der Waals surface area contributed by atoms with E-state index in [0.717, 1.165) is 0 Å². The molecule has 4 nitrogen and oxygen atoms in total. The van der Waals surface area contributed by atoms with Gasteiger partial charge in [0.15, 0.2) is 0 Å². The van der Waals surface area contributed by atoms with Crippen LogP contribution >= 0.6 is 0 Å². The van der Waals surface area contributed by atoms with E-state index in [2.05, 4.69) is 0 Å². The summed E-state index contributed by atoms with van der Waals surface area (Å²) >= 11 is 0. The molecule has 0 heterocycles. The lowest BCUT2D eigenvalue weighted by molar-refractivity contribution is 0.0265. The lowest BCUT2D eigenvalue weighted by Gasteiger charge is -2.06. The summed E-state index contributed by atoms with van der Waals surface area (Å²) in [6, 6.07) is 17.3.